The van der Waals surface area contributed by atoms with Crippen LogP contribution in [0.5, 0.6) is 0 Å². The smallest absolute Gasteiger partial charge is 0.259 e. The largest absolute Gasteiger partial charge is 0.619 e. The van der Waals surface area contributed by atoms with Gasteiger partial charge in [-0.25, -0.2) is 4.39 Å². The zero-order chi connectivity index (χ0) is 16.2. The van der Waals surface area contributed by atoms with Crippen LogP contribution >= 0.6 is 11.8 Å². The van der Waals surface area contributed by atoms with E-state index in [2.05, 4.69) is 0 Å². The Morgan fingerprint density at radius 3 is 2.87 bits per heavy atom. The SMILES string of the molecule is O=C(c1ccc[n+]([O-])c1)N1CCSC(c2ccccc2F)CC1. The number of carbonyl (C=O) groups excluding carboxylic acids is 1. The standard InChI is InChI=1S/C17H17FN2O2S/c18-15-6-2-1-5-14(15)16-7-9-19(10-11-23-16)17(21)13-4-3-8-20(22)12-13/h1-6,8,12,16H,7,9-11H2. The summed E-state index contributed by atoms with van der Waals surface area (Å²) in [6.07, 6.45) is 3.33. The van der Waals surface area contributed by atoms with Gasteiger partial charge in [-0.3, -0.25) is 4.79 Å². The lowest BCUT2D eigenvalue weighted by Gasteiger charge is -2.20. The van der Waals surface area contributed by atoms with Gasteiger partial charge in [0.25, 0.3) is 5.91 Å². The van der Waals surface area contributed by atoms with E-state index in [9.17, 15) is 14.4 Å². The molecule has 1 fully saturated rings. The van der Waals surface area contributed by atoms with Crippen molar-refractivity contribution in [2.24, 2.45) is 0 Å². The summed E-state index contributed by atoms with van der Waals surface area (Å²) >= 11 is 1.67. The minimum atomic E-state index is -0.194. The molecule has 1 aliphatic rings. The van der Waals surface area contributed by atoms with Crippen LogP contribution in [0.25, 0.3) is 0 Å². The Labute approximate surface area is 138 Å². The van der Waals surface area contributed by atoms with Crippen LogP contribution in [0.4, 0.5) is 4.39 Å². The molecule has 1 unspecified atom stereocenters. The molecular weight excluding hydrogens is 315 g/mol. The number of amides is 1. The van der Waals surface area contributed by atoms with Gasteiger partial charge in [-0.2, -0.15) is 16.5 Å². The Morgan fingerprint density at radius 2 is 2.09 bits per heavy atom. The highest BCUT2D eigenvalue weighted by Gasteiger charge is 2.25. The lowest BCUT2D eigenvalue weighted by molar-refractivity contribution is -0.605. The number of thioether (sulfide) groups is 1. The Hall–Kier alpha value is -2.08. The van der Waals surface area contributed by atoms with Crippen molar-refractivity contribution in [1.82, 2.24) is 4.90 Å². The second kappa shape index (κ2) is 7.00. The lowest BCUT2D eigenvalue weighted by Crippen LogP contribution is -2.35. The number of pyridine rings is 1. The van der Waals surface area contributed by atoms with Gasteiger partial charge in [-0.15, -0.1) is 0 Å². The van der Waals surface area contributed by atoms with Crippen molar-refractivity contribution in [3.8, 4) is 0 Å². The normalized spacial score (nSPS) is 18.5. The van der Waals surface area contributed by atoms with E-state index in [1.807, 2.05) is 12.1 Å². The number of benzene rings is 1. The molecule has 0 N–H and O–H groups in total. The van der Waals surface area contributed by atoms with Gasteiger partial charge in [0.05, 0.1) is 0 Å². The summed E-state index contributed by atoms with van der Waals surface area (Å²) in [6, 6.07) is 10.0. The zero-order valence-electron chi connectivity index (χ0n) is 12.5. The highest BCUT2D eigenvalue weighted by atomic mass is 32.2. The second-order valence-corrected chi connectivity index (χ2v) is 6.72. The van der Waals surface area contributed by atoms with E-state index < -0.39 is 0 Å². The predicted molar refractivity (Wildman–Crippen MR) is 87.5 cm³/mol. The molecule has 2 heterocycles. The van der Waals surface area contributed by atoms with Gasteiger partial charge in [0.15, 0.2) is 12.4 Å². The molecule has 120 valence electrons. The topological polar surface area (TPSA) is 47.2 Å². The van der Waals surface area contributed by atoms with Crippen LogP contribution in [-0.4, -0.2) is 29.6 Å². The molecule has 2 aromatic rings. The van der Waals surface area contributed by atoms with Crippen LogP contribution in [0.15, 0.2) is 48.8 Å². The average molecular weight is 332 g/mol. The van der Waals surface area contributed by atoms with Crippen LogP contribution in [0, 0.1) is 11.0 Å². The lowest BCUT2D eigenvalue weighted by atomic mass is 10.1. The minimum absolute atomic E-state index is 0.0502. The molecule has 0 bridgehead atoms. The first kappa shape index (κ1) is 15.8. The van der Waals surface area contributed by atoms with Gasteiger partial charge in [-0.1, -0.05) is 18.2 Å². The number of nitrogens with zero attached hydrogens (tertiary/aromatic N) is 2. The highest BCUT2D eigenvalue weighted by Crippen LogP contribution is 2.35. The van der Waals surface area contributed by atoms with Crippen molar-refractivity contribution in [2.75, 3.05) is 18.8 Å². The summed E-state index contributed by atoms with van der Waals surface area (Å²) in [5, 5.41) is 11.4. The average Bonchev–Trinajstić information content (AvgIpc) is 2.80. The van der Waals surface area contributed by atoms with Crippen molar-refractivity contribution in [3.63, 3.8) is 0 Å². The van der Waals surface area contributed by atoms with Gasteiger partial charge < -0.3 is 10.1 Å². The summed E-state index contributed by atoms with van der Waals surface area (Å²) < 4.78 is 14.6. The summed E-state index contributed by atoms with van der Waals surface area (Å²) in [5.41, 5.74) is 1.08. The highest BCUT2D eigenvalue weighted by molar-refractivity contribution is 7.99. The van der Waals surface area contributed by atoms with Crippen molar-refractivity contribution in [3.05, 3.63) is 70.9 Å². The van der Waals surface area contributed by atoms with E-state index in [1.54, 1.807) is 34.9 Å². The molecule has 1 saturated heterocycles. The molecule has 4 nitrogen and oxygen atoms in total. The number of hydrogen-bond acceptors (Lipinski definition) is 3. The van der Waals surface area contributed by atoms with Crippen molar-refractivity contribution in [2.45, 2.75) is 11.7 Å². The van der Waals surface area contributed by atoms with E-state index in [1.165, 1.54) is 18.5 Å². The molecule has 1 aliphatic heterocycles. The van der Waals surface area contributed by atoms with E-state index in [0.29, 0.717) is 35.4 Å². The Bertz CT molecular complexity index is 710. The Balaban J connectivity index is 1.71. The predicted octanol–water partition coefficient (Wildman–Crippen LogP) is 2.78. The molecule has 0 radical (unpaired) electrons. The third-order valence-corrected chi connectivity index (χ3v) is 5.21. The molecule has 1 atom stereocenters. The number of carbonyl (C=O) groups is 1. The fourth-order valence-electron chi connectivity index (χ4n) is 2.72. The molecule has 0 aliphatic carbocycles. The summed E-state index contributed by atoms with van der Waals surface area (Å²) in [7, 11) is 0. The number of rotatable bonds is 2. The first-order valence-corrected chi connectivity index (χ1v) is 8.54. The van der Waals surface area contributed by atoms with Gasteiger partial charge in [-0.05, 0) is 18.6 Å². The second-order valence-electron chi connectivity index (χ2n) is 5.41. The molecule has 1 amide bonds. The number of halogens is 1. The van der Waals surface area contributed by atoms with Crippen LogP contribution in [0.3, 0.4) is 0 Å². The molecule has 0 saturated carbocycles. The van der Waals surface area contributed by atoms with Crippen LogP contribution in [0.1, 0.15) is 27.6 Å². The van der Waals surface area contributed by atoms with Gasteiger partial charge in [0.1, 0.15) is 11.4 Å². The van der Waals surface area contributed by atoms with Crippen molar-refractivity contribution in [1.29, 1.82) is 0 Å². The Morgan fingerprint density at radius 1 is 1.26 bits per heavy atom. The van der Waals surface area contributed by atoms with E-state index >= 15 is 0 Å². The van der Waals surface area contributed by atoms with Gasteiger partial charge >= 0.3 is 0 Å². The van der Waals surface area contributed by atoms with Crippen LogP contribution in [0.2, 0.25) is 0 Å². The maximum absolute atomic E-state index is 13.9. The molecule has 1 aromatic carbocycles. The number of aromatic nitrogens is 1. The third kappa shape index (κ3) is 3.64. The zero-order valence-corrected chi connectivity index (χ0v) is 13.3. The monoisotopic (exact) mass is 332 g/mol. The quantitative estimate of drug-likeness (QED) is 0.627. The van der Waals surface area contributed by atoms with Gasteiger partial charge in [0, 0.05) is 35.7 Å². The van der Waals surface area contributed by atoms with Gasteiger partial charge in [0.2, 0.25) is 0 Å². The summed E-state index contributed by atoms with van der Waals surface area (Å²) in [5.74, 6) is 0.403. The molecular formula is C17H17FN2O2S. The third-order valence-electron chi connectivity index (χ3n) is 3.90. The molecule has 0 spiro atoms. The van der Waals surface area contributed by atoms with Crippen LogP contribution < -0.4 is 4.73 Å². The first-order valence-electron chi connectivity index (χ1n) is 7.49. The molecule has 1 aromatic heterocycles. The van der Waals surface area contributed by atoms with E-state index in [0.717, 1.165) is 5.75 Å². The first-order chi connectivity index (χ1) is 11.1. The maximum Gasteiger partial charge on any atom is 0.259 e. The fraction of sp³-hybridized carbons (Fsp3) is 0.294. The maximum atomic E-state index is 13.9. The van der Waals surface area contributed by atoms with Crippen molar-refractivity contribution >= 4 is 17.7 Å². The summed E-state index contributed by atoms with van der Waals surface area (Å²) in [4.78, 5) is 14.2. The van der Waals surface area contributed by atoms with E-state index in [-0.39, 0.29) is 17.0 Å². The molecule has 3 rings (SSSR count). The fourth-order valence-corrected chi connectivity index (χ4v) is 3.97. The number of hydrogen-bond donors (Lipinski definition) is 0. The summed E-state index contributed by atoms with van der Waals surface area (Å²) in [6.45, 7) is 1.15. The Kier molecular flexibility index (Phi) is 4.81. The minimum Gasteiger partial charge on any atom is -0.619 e. The molecule has 23 heavy (non-hydrogen) atoms. The van der Waals surface area contributed by atoms with Crippen LogP contribution in [-0.2, 0) is 0 Å². The molecule has 6 heteroatoms. The van der Waals surface area contributed by atoms with E-state index in [4.69, 9.17) is 0 Å². The van der Waals surface area contributed by atoms with Crippen molar-refractivity contribution < 1.29 is 13.9 Å².